The lowest BCUT2D eigenvalue weighted by molar-refractivity contribution is -0.935. The van der Waals surface area contributed by atoms with Crippen LogP contribution < -0.4 is 0 Å². The standard InChI is InChI=1S/C13H30N/c1-12(2,3)10-9-11-14(7,8)13(4,5)6/h9-11H2,1-8H3/q+1. The van der Waals surface area contributed by atoms with Gasteiger partial charge in [0.05, 0.1) is 26.2 Å². The normalized spacial score (nSPS) is 14.6. The summed E-state index contributed by atoms with van der Waals surface area (Å²) < 4.78 is 1.11. The molecule has 0 N–H and O–H groups in total. The highest BCUT2D eigenvalue weighted by molar-refractivity contribution is 4.64. The van der Waals surface area contributed by atoms with E-state index in [1.807, 2.05) is 0 Å². The molecule has 0 amide bonds. The molecule has 86 valence electrons. The second kappa shape index (κ2) is 4.22. The molecular formula is C13H30N+. The van der Waals surface area contributed by atoms with Gasteiger partial charge in [0.25, 0.3) is 0 Å². The van der Waals surface area contributed by atoms with Crippen molar-refractivity contribution in [3.05, 3.63) is 0 Å². The van der Waals surface area contributed by atoms with E-state index in [0.29, 0.717) is 11.0 Å². The molecular weight excluding hydrogens is 170 g/mol. The van der Waals surface area contributed by atoms with Crippen LogP contribution in [0.1, 0.15) is 54.4 Å². The van der Waals surface area contributed by atoms with Gasteiger partial charge in [0.1, 0.15) is 0 Å². The molecule has 0 aliphatic heterocycles. The molecule has 0 aromatic rings. The predicted molar refractivity (Wildman–Crippen MR) is 65.4 cm³/mol. The molecule has 0 heterocycles. The lowest BCUT2D eigenvalue weighted by Gasteiger charge is -2.43. The highest BCUT2D eigenvalue weighted by atomic mass is 15.4. The van der Waals surface area contributed by atoms with E-state index in [1.54, 1.807) is 0 Å². The largest absolute Gasteiger partial charge is 0.324 e. The Balaban J connectivity index is 4.02. The molecule has 0 radical (unpaired) electrons. The van der Waals surface area contributed by atoms with E-state index in [2.05, 4.69) is 55.6 Å². The first-order chi connectivity index (χ1) is 5.96. The molecule has 0 aromatic carbocycles. The maximum absolute atomic E-state index is 2.34. The summed E-state index contributed by atoms with van der Waals surface area (Å²) >= 11 is 0. The van der Waals surface area contributed by atoms with Crippen LogP contribution in [0.2, 0.25) is 0 Å². The molecule has 0 saturated heterocycles. The molecule has 14 heavy (non-hydrogen) atoms. The molecule has 1 nitrogen and oxygen atoms in total. The van der Waals surface area contributed by atoms with Gasteiger partial charge in [0.15, 0.2) is 0 Å². The van der Waals surface area contributed by atoms with Crippen molar-refractivity contribution < 1.29 is 4.48 Å². The molecule has 0 atom stereocenters. The predicted octanol–water partition coefficient (Wildman–Crippen LogP) is 3.69. The number of nitrogens with zero attached hydrogens (tertiary/aromatic N) is 1. The zero-order valence-electron chi connectivity index (χ0n) is 11.6. The van der Waals surface area contributed by atoms with Crippen LogP contribution in [0.25, 0.3) is 0 Å². The van der Waals surface area contributed by atoms with Crippen molar-refractivity contribution in [1.82, 2.24) is 0 Å². The van der Waals surface area contributed by atoms with Crippen LogP contribution in [-0.4, -0.2) is 30.7 Å². The smallest absolute Gasteiger partial charge is 0.0903 e. The second-order valence-electron chi connectivity index (χ2n) is 7.24. The summed E-state index contributed by atoms with van der Waals surface area (Å²) in [5, 5.41) is 0. The minimum atomic E-state index is 0.359. The van der Waals surface area contributed by atoms with Crippen LogP contribution in [0.15, 0.2) is 0 Å². The van der Waals surface area contributed by atoms with E-state index in [-0.39, 0.29) is 0 Å². The Hall–Kier alpha value is -0.0400. The van der Waals surface area contributed by atoms with Crippen molar-refractivity contribution in [3.8, 4) is 0 Å². The van der Waals surface area contributed by atoms with Gasteiger partial charge < -0.3 is 4.48 Å². The Morgan fingerprint density at radius 1 is 0.857 bits per heavy atom. The zero-order chi connectivity index (χ0) is 11.6. The first-order valence-electron chi connectivity index (χ1n) is 5.79. The maximum atomic E-state index is 2.34. The van der Waals surface area contributed by atoms with Crippen molar-refractivity contribution in [2.75, 3.05) is 20.6 Å². The number of hydrogen-bond donors (Lipinski definition) is 0. The third kappa shape index (κ3) is 4.99. The number of quaternary nitrogens is 1. The molecule has 0 bridgehead atoms. The summed E-state index contributed by atoms with van der Waals surface area (Å²) in [6.07, 6.45) is 2.65. The Bertz CT molecular complexity index is 167. The Labute approximate surface area is 91.1 Å². The topological polar surface area (TPSA) is 0 Å². The third-order valence-corrected chi connectivity index (χ3v) is 3.46. The molecule has 0 saturated carbocycles. The Kier molecular flexibility index (Phi) is 4.21. The minimum Gasteiger partial charge on any atom is -0.324 e. The van der Waals surface area contributed by atoms with E-state index >= 15 is 0 Å². The second-order valence-corrected chi connectivity index (χ2v) is 7.24. The monoisotopic (exact) mass is 200 g/mol. The highest BCUT2D eigenvalue weighted by Crippen LogP contribution is 2.24. The van der Waals surface area contributed by atoms with Gasteiger partial charge in [-0.3, -0.25) is 0 Å². The molecule has 0 aliphatic carbocycles. The fourth-order valence-electron chi connectivity index (χ4n) is 1.34. The lowest BCUT2D eigenvalue weighted by Crippen LogP contribution is -2.54. The molecule has 1 heteroatoms. The molecule has 0 rings (SSSR count). The third-order valence-electron chi connectivity index (χ3n) is 3.46. The summed E-state index contributed by atoms with van der Waals surface area (Å²) in [5.41, 5.74) is 0.843. The summed E-state index contributed by atoms with van der Waals surface area (Å²) in [7, 11) is 4.67. The van der Waals surface area contributed by atoms with E-state index in [0.717, 1.165) is 4.48 Å². The van der Waals surface area contributed by atoms with Crippen molar-refractivity contribution >= 4 is 0 Å². The minimum absolute atomic E-state index is 0.359. The van der Waals surface area contributed by atoms with Gasteiger partial charge in [-0.25, -0.2) is 0 Å². The summed E-state index contributed by atoms with van der Waals surface area (Å²) in [5.74, 6) is 0. The van der Waals surface area contributed by atoms with E-state index in [9.17, 15) is 0 Å². The van der Waals surface area contributed by atoms with Crippen LogP contribution >= 0.6 is 0 Å². The van der Waals surface area contributed by atoms with E-state index in [1.165, 1.54) is 19.4 Å². The molecule has 0 fully saturated rings. The van der Waals surface area contributed by atoms with Gasteiger partial charge in [0.2, 0.25) is 0 Å². The zero-order valence-corrected chi connectivity index (χ0v) is 11.6. The SMILES string of the molecule is CC(C)(C)CCC[N+](C)(C)C(C)(C)C. The van der Waals surface area contributed by atoms with E-state index < -0.39 is 0 Å². The number of hydrogen-bond acceptors (Lipinski definition) is 0. The van der Waals surface area contributed by atoms with Gasteiger partial charge in [0, 0.05) is 0 Å². The fourth-order valence-corrected chi connectivity index (χ4v) is 1.34. The first-order valence-corrected chi connectivity index (χ1v) is 5.79. The summed E-state index contributed by atoms with van der Waals surface area (Å²) in [6, 6.07) is 0. The van der Waals surface area contributed by atoms with Crippen LogP contribution in [0, 0.1) is 5.41 Å². The van der Waals surface area contributed by atoms with Gasteiger partial charge in [-0.05, 0) is 39.0 Å². The molecule has 0 unspecified atom stereocenters. The fraction of sp³-hybridized carbons (Fsp3) is 1.00. The van der Waals surface area contributed by atoms with Gasteiger partial charge in [-0.15, -0.1) is 0 Å². The Morgan fingerprint density at radius 2 is 1.29 bits per heavy atom. The highest BCUT2D eigenvalue weighted by Gasteiger charge is 2.31. The van der Waals surface area contributed by atoms with Crippen molar-refractivity contribution in [2.45, 2.75) is 59.9 Å². The van der Waals surface area contributed by atoms with E-state index in [4.69, 9.17) is 0 Å². The number of rotatable bonds is 3. The van der Waals surface area contributed by atoms with Gasteiger partial charge >= 0.3 is 0 Å². The summed E-state index contributed by atoms with van der Waals surface area (Å²) in [4.78, 5) is 0. The Morgan fingerprint density at radius 3 is 1.57 bits per heavy atom. The quantitative estimate of drug-likeness (QED) is 0.610. The molecule has 0 spiro atoms. The maximum Gasteiger partial charge on any atom is 0.0903 e. The van der Waals surface area contributed by atoms with Gasteiger partial charge in [-0.2, -0.15) is 0 Å². The summed E-state index contributed by atoms with van der Waals surface area (Å²) in [6.45, 7) is 15.2. The first kappa shape index (κ1) is 14.0. The van der Waals surface area contributed by atoms with Crippen molar-refractivity contribution in [1.29, 1.82) is 0 Å². The lowest BCUT2D eigenvalue weighted by atomic mass is 9.90. The van der Waals surface area contributed by atoms with Crippen LogP contribution in [0.3, 0.4) is 0 Å². The average molecular weight is 200 g/mol. The van der Waals surface area contributed by atoms with Crippen molar-refractivity contribution in [2.24, 2.45) is 5.41 Å². The molecule has 0 aliphatic rings. The van der Waals surface area contributed by atoms with Crippen LogP contribution in [0.4, 0.5) is 0 Å². The van der Waals surface area contributed by atoms with Crippen LogP contribution in [0.5, 0.6) is 0 Å². The van der Waals surface area contributed by atoms with Crippen molar-refractivity contribution in [3.63, 3.8) is 0 Å². The van der Waals surface area contributed by atoms with Gasteiger partial charge in [-0.1, -0.05) is 20.8 Å². The molecule has 0 aromatic heterocycles. The van der Waals surface area contributed by atoms with Crippen LogP contribution in [-0.2, 0) is 0 Å². The average Bonchev–Trinajstić information content (AvgIpc) is 1.80.